The molecule has 0 aromatic carbocycles. The number of ether oxygens (including phenoxy) is 7. The largest absolute Gasteiger partial charge is 0.417 e. The molecule has 8 fully saturated rings. The van der Waals surface area contributed by atoms with Gasteiger partial charge < -0.3 is 42.7 Å². The van der Waals surface area contributed by atoms with Gasteiger partial charge in [0, 0.05) is 45.1 Å². The predicted molar refractivity (Wildman–Crippen MR) is 238 cm³/mol. The number of Topliss-reactive ketones (excluding diaryl/α,β-unsaturated/α-hetero) is 1. The fourth-order valence-electron chi connectivity index (χ4n) is 11.2. The van der Waals surface area contributed by atoms with Gasteiger partial charge in [0.1, 0.15) is 36.3 Å². The van der Waals surface area contributed by atoms with E-state index in [2.05, 4.69) is 90.6 Å². The molecular weight excluding hydrogens is 845 g/mol. The van der Waals surface area contributed by atoms with Gasteiger partial charge in [-0.2, -0.15) is 0 Å². The highest BCUT2D eigenvalue weighted by Gasteiger charge is 2.68. The van der Waals surface area contributed by atoms with Gasteiger partial charge in [-0.3, -0.25) is 4.79 Å². The average Bonchev–Trinajstić information content (AvgIpc) is 3.71. The Balaban J connectivity index is 1.01. The third-order valence-electron chi connectivity index (χ3n) is 15.9. The number of aliphatic hydroxyl groups is 1. The third-order valence-corrected chi connectivity index (χ3v) is 20.7. The minimum Gasteiger partial charge on any atom is -0.417 e. The van der Waals surface area contributed by atoms with Crippen molar-refractivity contribution in [2.75, 3.05) is 6.61 Å². The van der Waals surface area contributed by atoms with Crippen LogP contribution in [0.25, 0.3) is 0 Å². The zero-order chi connectivity index (χ0) is 43.3. The van der Waals surface area contributed by atoms with Crippen molar-refractivity contribution in [3.8, 4) is 0 Å². The van der Waals surface area contributed by atoms with Gasteiger partial charge in [0.2, 0.25) is 0 Å². The van der Waals surface area contributed by atoms with Crippen LogP contribution in [0.2, 0.25) is 18.1 Å². The standard InChI is InChI=1S/C48H79BrO10Si/c1-12-13-14-34-20-28(3)30(5)39(53-34)24-40-36(31(6)38(55-40)19-27(2)26-52-60(10,11)47(7,8)9)23-33(51)22-35-15-16-37-42(54-35)46-45-44(56-37)43-41(57-45)25-48(58-43,59-46)18-17-32(50)21-29(4)49/h27-28,31-32,34-46,50H,4-5,12-26H2,1-3,6-11H3/t27-,28+,31+,32+,34-,35+,36?,37-,38+,39?,40-,41+,42-,43-,44-,45+,46-,48-/m0/s1. The molecule has 8 saturated heterocycles. The minimum absolute atomic E-state index is 0.0397. The first-order valence-corrected chi connectivity index (χ1v) is 27.4. The first-order chi connectivity index (χ1) is 28.3. The Bertz CT molecular complexity index is 1520. The van der Waals surface area contributed by atoms with Gasteiger partial charge in [0.05, 0.1) is 48.8 Å². The van der Waals surface area contributed by atoms with Crippen LogP contribution in [0.1, 0.15) is 138 Å². The van der Waals surface area contributed by atoms with E-state index in [9.17, 15) is 9.90 Å². The van der Waals surface area contributed by atoms with E-state index in [-0.39, 0.29) is 95.9 Å². The summed E-state index contributed by atoms with van der Waals surface area (Å²) in [7, 11) is -1.88. The molecule has 0 saturated carbocycles. The monoisotopic (exact) mass is 922 g/mol. The van der Waals surface area contributed by atoms with Gasteiger partial charge in [-0.15, -0.1) is 0 Å². The molecule has 0 aliphatic carbocycles. The van der Waals surface area contributed by atoms with Crippen molar-refractivity contribution in [2.24, 2.45) is 23.7 Å². The lowest BCUT2D eigenvalue weighted by Crippen LogP contribution is -2.61. The van der Waals surface area contributed by atoms with Crippen LogP contribution in [0.3, 0.4) is 0 Å². The maximum absolute atomic E-state index is 14.3. The maximum Gasteiger partial charge on any atom is 0.191 e. The Morgan fingerprint density at radius 2 is 1.68 bits per heavy atom. The molecule has 8 aliphatic rings. The summed E-state index contributed by atoms with van der Waals surface area (Å²) in [5.41, 5.74) is 1.16. The number of fused-ring (bicyclic) bond motifs is 1. The van der Waals surface area contributed by atoms with Gasteiger partial charge >= 0.3 is 0 Å². The Morgan fingerprint density at radius 1 is 0.967 bits per heavy atom. The maximum atomic E-state index is 14.3. The van der Waals surface area contributed by atoms with Crippen LogP contribution in [0.4, 0.5) is 0 Å². The molecule has 2 unspecified atom stereocenters. The molecule has 342 valence electrons. The summed E-state index contributed by atoms with van der Waals surface area (Å²) in [5, 5.41) is 10.8. The Kier molecular flexibility index (Phi) is 15.1. The summed E-state index contributed by atoms with van der Waals surface area (Å²) in [5.74, 6) is 0.374. The summed E-state index contributed by atoms with van der Waals surface area (Å²) in [6.07, 6.45) is 8.22. The van der Waals surface area contributed by atoms with Crippen LogP contribution in [-0.2, 0) is 42.4 Å². The number of carbonyl (C=O) groups excluding carboxylic acids is 1. The average molecular weight is 924 g/mol. The molecule has 0 aromatic heterocycles. The lowest BCUT2D eigenvalue weighted by molar-refractivity contribution is -0.292. The highest BCUT2D eigenvalue weighted by molar-refractivity contribution is 9.11. The van der Waals surface area contributed by atoms with Crippen molar-refractivity contribution in [3.63, 3.8) is 0 Å². The highest BCUT2D eigenvalue weighted by atomic mass is 79.9. The second kappa shape index (κ2) is 19.1. The molecule has 8 heterocycles. The van der Waals surface area contributed by atoms with E-state index in [1.807, 2.05) is 0 Å². The summed E-state index contributed by atoms with van der Waals surface area (Å²) >= 11 is 3.38. The normalized spacial score (nSPS) is 42.2. The van der Waals surface area contributed by atoms with Gasteiger partial charge in [0.25, 0.3) is 0 Å². The quantitative estimate of drug-likeness (QED) is 0.0994. The first kappa shape index (κ1) is 47.4. The van der Waals surface area contributed by atoms with Crippen LogP contribution in [0.5, 0.6) is 0 Å². The predicted octanol–water partition coefficient (Wildman–Crippen LogP) is 9.74. The highest BCUT2D eigenvalue weighted by Crippen LogP contribution is 2.54. The third kappa shape index (κ3) is 10.5. The van der Waals surface area contributed by atoms with Crippen LogP contribution in [0.15, 0.2) is 23.2 Å². The minimum atomic E-state index is -1.88. The van der Waals surface area contributed by atoms with Gasteiger partial charge in [-0.25, -0.2) is 0 Å². The van der Waals surface area contributed by atoms with Crippen molar-refractivity contribution in [3.05, 3.63) is 23.2 Å². The zero-order valence-electron chi connectivity index (χ0n) is 38.3. The van der Waals surface area contributed by atoms with E-state index in [1.54, 1.807) is 0 Å². The van der Waals surface area contributed by atoms with E-state index in [1.165, 1.54) is 0 Å². The molecule has 10 nitrogen and oxygen atoms in total. The lowest BCUT2D eigenvalue weighted by Gasteiger charge is -2.47. The second-order valence-corrected chi connectivity index (χ2v) is 27.6. The number of hydrogen-bond donors (Lipinski definition) is 1. The molecule has 18 atom stereocenters. The van der Waals surface area contributed by atoms with Crippen LogP contribution >= 0.6 is 15.9 Å². The topological polar surface area (TPSA) is 111 Å². The Hall–Kier alpha value is -0.513. The van der Waals surface area contributed by atoms with Crippen molar-refractivity contribution in [1.82, 2.24) is 0 Å². The molecule has 0 amide bonds. The molecule has 1 N–H and O–H groups in total. The summed E-state index contributed by atoms with van der Waals surface area (Å²) in [4.78, 5) is 14.3. The molecule has 12 heteroatoms. The molecule has 8 rings (SSSR count). The molecular formula is C48H79BrO10Si. The SMILES string of the molecule is C=C(Br)C[C@H](O)CC[C@@]12C[C@H]3O[C@H]4[C@@H](O1)[C@H]1O[C@@H](CC(=O)CC5[C@H](CC6O[C@@H](CCCC)C[C@@H](C)C6=C)O[C@H](C[C@H](C)CO[Si](C)(C)C(C)(C)C)[C@@H]5C)CC[C@@H]1O[C@H]4[C@H]3O2. The number of unbranched alkanes of at least 4 members (excludes halogenated alkanes) is 1. The van der Waals surface area contributed by atoms with E-state index >= 15 is 0 Å². The Morgan fingerprint density at radius 3 is 2.40 bits per heavy atom. The van der Waals surface area contributed by atoms with Crippen molar-refractivity contribution >= 4 is 30.0 Å². The fraction of sp³-hybridized carbons (Fsp3) is 0.896. The lowest BCUT2D eigenvalue weighted by atomic mass is 9.78. The van der Waals surface area contributed by atoms with Crippen molar-refractivity contribution in [1.29, 1.82) is 0 Å². The van der Waals surface area contributed by atoms with E-state index in [0.29, 0.717) is 50.4 Å². The molecule has 0 aromatic rings. The van der Waals surface area contributed by atoms with Crippen LogP contribution in [-0.4, -0.2) is 111 Å². The van der Waals surface area contributed by atoms with Gasteiger partial charge in [0.15, 0.2) is 14.1 Å². The van der Waals surface area contributed by atoms with Crippen LogP contribution in [0, 0.1) is 23.7 Å². The first-order valence-electron chi connectivity index (χ1n) is 23.7. The number of hydrogen-bond acceptors (Lipinski definition) is 10. The molecule has 0 radical (unpaired) electrons. The van der Waals surface area contributed by atoms with Crippen molar-refractivity contribution in [2.45, 2.75) is 242 Å². The smallest absolute Gasteiger partial charge is 0.191 e. The van der Waals surface area contributed by atoms with E-state index < -0.39 is 20.2 Å². The zero-order valence-corrected chi connectivity index (χ0v) is 40.9. The van der Waals surface area contributed by atoms with Crippen molar-refractivity contribution < 1.29 is 47.5 Å². The number of halogens is 1. The number of ketones is 1. The summed E-state index contributed by atoms with van der Waals surface area (Å²) in [6, 6.07) is 0. The van der Waals surface area contributed by atoms with E-state index in [4.69, 9.17) is 37.6 Å². The Labute approximate surface area is 371 Å². The number of rotatable bonds is 19. The van der Waals surface area contributed by atoms with E-state index in [0.717, 1.165) is 68.0 Å². The summed E-state index contributed by atoms with van der Waals surface area (Å²) < 4.78 is 54.9. The number of carbonyl (C=O) groups is 1. The van der Waals surface area contributed by atoms with Gasteiger partial charge in [-0.1, -0.05) is 90.4 Å². The molecule has 60 heavy (non-hydrogen) atoms. The molecule has 6 bridgehead atoms. The van der Waals surface area contributed by atoms with Gasteiger partial charge in [-0.05, 0) is 90.4 Å². The van der Waals surface area contributed by atoms with Crippen LogP contribution < -0.4 is 0 Å². The second-order valence-electron chi connectivity index (χ2n) is 21.7. The number of aliphatic hydroxyl groups excluding tert-OH is 1. The molecule has 0 spiro atoms. The fourth-order valence-corrected chi connectivity index (χ4v) is 12.7. The summed E-state index contributed by atoms with van der Waals surface area (Å²) in [6.45, 7) is 29.8. The molecule has 8 aliphatic heterocycles.